The molecule has 0 saturated heterocycles. The van der Waals surface area contributed by atoms with Gasteiger partial charge in [-0.1, -0.05) is 11.6 Å². The third kappa shape index (κ3) is 5.35. The van der Waals surface area contributed by atoms with E-state index in [2.05, 4.69) is 10.3 Å². The molecule has 1 heterocycles. The summed E-state index contributed by atoms with van der Waals surface area (Å²) in [5, 5.41) is 11.5. The number of rotatable bonds is 6. The normalized spacial score (nSPS) is 13.6. The predicted octanol–water partition coefficient (Wildman–Crippen LogP) is 0.573. The molecule has 1 aromatic rings. The summed E-state index contributed by atoms with van der Waals surface area (Å²) in [6.07, 6.45) is 2.94. The number of halogens is 1. The number of aromatic nitrogens is 1. The summed E-state index contributed by atoms with van der Waals surface area (Å²) in [6.45, 7) is 1.21. The molecule has 2 N–H and O–H groups in total. The van der Waals surface area contributed by atoms with Crippen LogP contribution in [0, 0.1) is 0 Å². The van der Waals surface area contributed by atoms with Gasteiger partial charge < -0.3 is 10.4 Å². The lowest BCUT2D eigenvalue weighted by molar-refractivity contribution is -0.140. The molecule has 6 nitrogen and oxygen atoms in total. The zero-order chi connectivity index (χ0) is 14.4. The number of aliphatic carboxylic acids is 1. The SMILES string of the molecule is CC(=O)N[C@@H](CS(=O)Cc1ccncc1Cl)C(=O)O. The van der Waals surface area contributed by atoms with Crippen LogP contribution in [0.15, 0.2) is 18.5 Å². The molecule has 0 fully saturated rings. The van der Waals surface area contributed by atoms with Crippen molar-refractivity contribution in [2.24, 2.45) is 0 Å². The first-order valence-electron chi connectivity index (χ1n) is 5.33. The highest BCUT2D eigenvalue weighted by Gasteiger charge is 2.21. The summed E-state index contributed by atoms with van der Waals surface area (Å²) in [5.41, 5.74) is 0.627. The maximum Gasteiger partial charge on any atom is 0.327 e. The minimum absolute atomic E-state index is 0.116. The quantitative estimate of drug-likeness (QED) is 0.801. The van der Waals surface area contributed by atoms with Crippen LogP contribution in [0.1, 0.15) is 12.5 Å². The number of carboxylic acid groups (broad SMARTS) is 1. The fourth-order valence-corrected chi connectivity index (χ4v) is 2.94. The van der Waals surface area contributed by atoms with E-state index in [9.17, 15) is 13.8 Å². The molecule has 0 bridgehead atoms. The van der Waals surface area contributed by atoms with E-state index in [1.54, 1.807) is 6.07 Å². The molecule has 2 atom stereocenters. The van der Waals surface area contributed by atoms with E-state index < -0.39 is 28.7 Å². The van der Waals surface area contributed by atoms with Crippen molar-refractivity contribution < 1.29 is 18.9 Å². The van der Waals surface area contributed by atoms with Crippen molar-refractivity contribution in [2.75, 3.05) is 5.75 Å². The van der Waals surface area contributed by atoms with Gasteiger partial charge in [0.25, 0.3) is 0 Å². The maximum absolute atomic E-state index is 11.9. The lowest BCUT2D eigenvalue weighted by atomic mass is 10.3. The Morgan fingerprint density at radius 1 is 1.58 bits per heavy atom. The van der Waals surface area contributed by atoms with Gasteiger partial charge in [0.05, 0.1) is 16.5 Å². The number of carbonyl (C=O) groups excluding carboxylic acids is 1. The number of hydrogen-bond acceptors (Lipinski definition) is 4. The van der Waals surface area contributed by atoms with Gasteiger partial charge in [-0.05, 0) is 11.6 Å². The van der Waals surface area contributed by atoms with Crippen LogP contribution in [0.4, 0.5) is 0 Å². The van der Waals surface area contributed by atoms with E-state index >= 15 is 0 Å². The zero-order valence-corrected chi connectivity index (χ0v) is 11.7. The van der Waals surface area contributed by atoms with Crippen LogP contribution < -0.4 is 5.32 Å². The Labute approximate surface area is 117 Å². The van der Waals surface area contributed by atoms with Crippen molar-refractivity contribution in [3.8, 4) is 0 Å². The number of nitrogens with zero attached hydrogens (tertiary/aromatic N) is 1. The molecule has 104 valence electrons. The van der Waals surface area contributed by atoms with Crippen LogP contribution in [0.5, 0.6) is 0 Å². The topological polar surface area (TPSA) is 96.4 Å². The average molecular weight is 305 g/mol. The van der Waals surface area contributed by atoms with Crippen LogP contribution in [0.2, 0.25) is 5.02 Å². The van der Waals surface area contributed by atoms with Crippen molar-refractivity contribution in [2.45, 2.75) is 18.7 Å². The van der Waals surface area contributed by atoms with E-state index in [1.807, 2.05) is 0 Å². The highest BCUT2D eigenvalue weighted by Crippen LogP contribution is 2.15. The van der Waals surface area contributed by atoms with Crippen molar-refractivity contribution in [1.29, 1.82) is 0 Å². The third-order valence-electron chi connectivity index (χ3n) is 2.20. The van der Waals surface area contributed by atoms with E-state index in [1.165, 1.54) is 19.3 Å². The van der Waals surface area contributed by atoms with Gasteiger partial charge in [-0.15, -0.1) is 0 Å². The second-order valence-corrected chi connectivity index (χ2v) is 5.72. The predicted molar refractivity (Wildman–Crippen MR) is 71.2 cm³/mol. The van der Waals surface area contributed by atoms with Crippen molar-refractivity contribution in [1.82, 2.24) is 10.3 Å². The first-order chi connectivity index (χ1) is 8.90. The monoisotopic (exact) mass is 304 g/mol. The van der Waals surface area contributed by atoms with Gasteiger partial charge in [-0.25, -0.2) is 4.79 Å². The van der Waals surface area contributed by atoms with Crippen LogP contribution in [0.3, 0.4) is 0 Å². The molecule has 0 saturated carbocycles. The van der Waals surface area contributed by atoms with Crippen LogP contribution >= 0.6 is 11.6 Å². The van der Waals surface area contributed by atoms with Gasteiger partial charge in [-0.2, -0.15) is 0 Å². The summed E-state index contributed by atoms with van der Waals surface area (Å²) in [6, 6.07) is 0.452. The number of hydrogen-bond donors (Lipinski definition) is 2. The Morgan fingerprint density at radius 3 is 2.79 bits per heavy atom. The first kappa shape index (κ1) is 15.6. The Kier molecular flexibility index (Phi) is 5.91. The number of pyridine rings is 1. The van der Waals surface area contributed by atoms with Gasteiger partial charge in [0, 0.05) is 30.1 Å². The molecule has 0 aromatic carbocycles. The van der Waals surface area contributed by atoms with E-state index in [0.29, 0.717) is 10.6 Å². The lowest BCUT2D eigenvalue weighted by Crippen LogP contribution is -2.43. The van der Waals surface area contributed by atoms with Gasteiger partial charge in [0.15, 0.2) is 0 Å². The van der Waals surface area contributed by atoms with E-state index in [-0.39, 0.29) is 11.5 Å². The Bertz CT molecular complexity index is 509. The molecule has 1 unspecified atom stereocenters. The molecule has 1 rings (SSSR count). The maximum atomic E-state index is 11.9. The zero-order valence-electron chi connectivity index (χ0n) is 10.1. The number of amides is 1. The second-order valence-electron chi connectivity index (χ2n) is 3.81. The largest absolute Gasteiger partial charge is 0.480 e. The van der Waals surface area contributed by atoms with Gasteiger partial charge in [0.2, 0.25) is 5.91 Å². The standard InChI is InChI=1S/C11H13ClN2O4S/c1-7(15)14-10(11(16)17)6-19(18)5-8-2-3-13-4-9(8)12/h2-4,10H,5-6H2,1H3,(H,14,15)(H,16,17)/t10-,19?/m0/s1. The summed E-state index contributed by atoms with van der Waals surface area (Å²) in [7, 11) is -1.46. The third-order valence-corrected chi connectivity index (χ3v) is 3.88. The molecule has 0 aliphatic rings. The van der Waals surface area contributed by atoms with Crippen molar-refractivity contribution in [3.63, 3.8) is 0 Å². The molecular formula is C11H13ClN2O4S. The molecule has 0 aliphatic heterocycles. The molecule has 19 heavy (non-hydrogen) atoms. The summed E-state index contributed by atoms with van der Waals surface area (Å²) >= 11 is 5.87. The Balaban J connectivity index is 2.65. The van der Waals surface area contributed by atoms with Crippen LogP contribution in [-0.4, -0.2) is 38.0 Å². The molecule has 1 amide bonds. The highest BCUT2D eigenvalue weighted by atomic mass is 35.5. The molecule has 0 aliphatic carbocycles. The molecule has 0 spiro atoms. The Morgan fingerprint density at radius 2 is 2.26 bits per heavy atom. The van der Waals surface area contributed by atoms with Crippen molar-refractivity contribution in [3.05, 3.63) is 29.0 Å². The average Bonchev–Trinajstić information content (AvgIpc) is 2.30. The summed E-state index contributed by atoms with van der Waals surface area (Å²) in [5.74, 6) is -1.76. The lowest BCUT2D eigenvalue weighted by Gasteiger charge is -2.13. The number of nitrogens with one attached hydrogen (secondary N) is 1. The van der Waals surface area contributed by atoms with Crippen molar-refractivity contribution >= 4 is 34.3 Å². The van der Waals surface area contributed by atoms with E-state index in [0.717, 1.165) is 0 Å². The minimum Gasteiger partial charge on any atom is -0.480 e. The Hall–Kier alpha value is -1.47. The smallest absolute Gasteiger partial charge is 0.327 e. The number of carboxylic acids is 1. The summed E-state index contributed by atoms with van der Waals surface area (Å²) < 4.78 is 11.9. The minimum atomic E-state index is -1.46. The summed E-state index contributed by atoms with van der Waals surface area (Å²) in [4.78, 5) is 25.6. The molecule has 1 aromatic heterocycles. The molecular weight excluding hydrogens is 292 g/mol. The van der Waals surface area contributed by atoms with E-state index in [4.69, 9.17) is 16.7 Å². The van der Waals surface area contributed by atoms with Gasteiger partial charge in [0.1, 0.15) is 6.04 Å². The van der Waals surface area contributed by atoms with Gasteiger partial charge >= 0.3 is 5.97 Å². The molecule has 0 radical (unpaired) electrons. The van der Waals surface area contributed by atoms with Gasteiger partial charge in [-0.3, -0.25) is 14.0 Å². The second kappa shape index (κ2) is 7.20. The number of carbonyl (C=O) groups is 2. The highest BCUT2D eigenvalue weighted by molar-refractivity contribution is 7.84. The van der Waals surface area contributed by atoms with Crippen LogP contribution in [0.25, 0.3) is 0 Å². The van der Waals surface area contributed by atoms with Crippen LogP contribution in [-0.2, 0) is 26.1 Å². The fraction of sp³-hybridized carbons (Fsp3) is 0.364. The fourth-order valence-electron chi connectivity index (χ4n) is 1.36. The molecule has 8 heteroatoms. The first-order valence-corrected chi connectivity index (χ1v) is 7.20.